The molecule has 0 aliphatic rings. The van der Waals surface area contributed by atoms with Gasteiger partial charge in [-0.1, -0.05) is 81.4 Å². The van der Waals surface area contributed by atoms with Gasteiger partial charge in [0.1, 0.15) is 5.57 Å². The van der Waals surface area contributed by atoms with Crippen LogP contribution < -0.4 is 16.2 Å². The van der Waals surface area contributed by atoms with E-state index in [9.17, 15) is 26.3 Å². The number of aromatic nitrogens is 2. The van der Waals surface area contributed by atoms with E-state index in [-0.39, 0.29) is 6.07 Å². The predicted octanol–water partition coefficient (Wildman–Crippen LogP) is 6.97. The first-order valence-electron chi connectivity index (χ1n) is 11.1. The fourth-order valence-corrected chi connectivity index (χ4v) is 6.04. The third-order valence-electron chi connectivity index (χ3n) is 5.57. The maximum atomic E-state index is 14.1. The van der Waals surface area contributed by atoms with Crippen molar-refractivity contribution in [3.8, 4) is 5.69 Å². The normalized spacial score (nSPS) is 12.8. The lowest BCUT2D eigenvalue weighted by Gasteiger charge is -2.22. The topological polar surface area (TPSA) is 17.8 Å². The Bertz CT molecular complexity index is 1300. The van der Waals surface area contributed by atoms with Crippen molar-refractivity contribution in [3.05, 3.63) is 102 Å². The van der Waals surface area contributed by atoms with Crippen molar-refractivity contribution in [2.24, 2.45) is 0 Å². The Morgan fingerprint density at radius 2 is 1.22 bits per heavy atom. The second-order valence-electron chi connectivity index (χ2n) is 9.28. The number of imidazole rings is 1. The first kappa shape index (κ1) is 26.0. The van der Waals surface area contributed by atoms with Crippen LogP contribution >= 0.6 is 7.92 Å². The maximum absolute atomic E-state index is 14.1. The highest BCUT2D eigenvalue weighted by atomic mass is 31.1. The van der Waals surface area contributed by atoms with Gasteiger partial charge in [0.2, 0.25) is 0 Å². The lowest BCUT2D eigenvalue weighted by atomic mass is 9.93. The monoisotopic (exact) mass is 520 g/mol. The van der Waals surface area contributed by atoms with E-state index in [0.717, 1.165) is 16.7 Å². The zero-order valence-corrected chi connectivity index (χ0v) is 20.6. The van der Waals surface area contributed by atoms with E-state index < -0.39 is 42.5 Å². The van der Waals surface area contributed by atoms with Crippen LogP contribution in [0.2, 0.25) is 0 Å². The van der Waals surface area contributed by atoms with Gasteiger partial charge in [0.05, 0.1) is 22.5 Å². The first-order chi connectivity index (χ1) is 16.8. The molecule has 188 valence electrons. The Kier molecular flexibility index (Phi) is 6.78. The summed E-state index contributed by atoms with van der Waals surface area (Å²) in [6.45, 7) is 5.65. The average Bonchev–Trinajstić information content (AvgIpc) is 3.24. The van der Waals surface area contributed by atoms with Crippen LogP contribution in [0, 0.1) is 0 Å². The third kappa shape index (κ3) is 5.34. The van der Waals surface area contributed by atoms with Crippen LogP contribution in [0.15, 0.2) is 85.1 Å². The minimum Gasteiger partial charge on any atom is -0.299 e. The van der Waals surface area contributed by atoms with Crippen molar-refractivity contribution in [2.45, 2.75) is 38.5 Å². The summed E-state index contributed by atoms with van der Waals surface area (Å²) < 4.78 is 83.6. The largest absolute Gasteiger partial charge is 0.418 e. The van der Waals surface area contributed by atoms with Crippen LogP contribution in [0.1, 0.15) is 37.6 Å². The van der Waals surface area contributed by atoms with Crippen molar-refractivity contribution in [1.82, 2.24) is 9.55 Å². The van der Waals surface area contributed by atoms with E-state index in [1.54, 1.807) is 0 Å². The molecule has 9 heteroatoms. The van der Waals surface area contributed by atoms with E-state index in [0.29, 0.717) is 17.3 Å². The molecule has 0 amide bonds. The van der Waals surface area contributed by atoms with Gasteiger partial charge in [-0.2, -0.15) is 26.3 Å². The number of hydrogen-bond donors (Lipinski definition) is 0. The van der Waals surface area contributed by atoms with Crippen molar-refractivity contribution in [1.29, 1.82) is 0 Å². The fraction of sp³-hybridized carbons (Fsp3) is 0.222. The van der Waals surface area contributed by atoms with Crippen molar-refractivity contribution < 1.29 is 26.3 Å². The Balaban J connectivity index is 2.05. The van der Waals surface area contributed by atoms with Crippen LogP contribution in [0.5, 0.6) is 0 Å². The van der Waals surface area contributed by atoms with Crippen molar-refractivity contribution >= 4 is 24.1 Å². The molecular weight excluding hydrogens is 497 g/mol. The minimum atomic E-state index is -5.01. The van der Waals surface area contributed by atoms with Gasteiger partial charge in [-0.05, 0) is 28.8 Å². The third-order valence-corrected chi connectivity index (χ3v) is 7.92. The summed E-state index contributed by atoms with van der Waals surface area (Å²) in [7, 11) is -1.43. The standard InChI is InChI=1S/C27H23F6N2P/c1-25(2,3)23-17-35(22-15-14-18(26(28,29)30)16-21(22)27(31,32)33)24(34-23)36(19-10-6-4-7-11-19)20-12-8-5-9-13-20/h4-17H,1-3H3. The van der Waals surface area contributed by atoms with Gasteiger partial charge in [0.15, 0.2) is 0 Å². The second kappa shape index (κ2) is 9.40. The molecule has 0 bridgehead atoms. The van der Waals surface area contributed by atoms with Crippen molar-refractivity contribution in [3.63, 3.8) is 0 Å². The lowest BCUT2D eigenvalue weighted by Crippen LogP contribution is -2.28. The molecule has 36 heavy (non-hydrogen) atoms. The molecule has 2 nitrogen and oxygen atoms in total. The quantitative estimate of drug-likeness (QED) is 0.210. The van der Waals surface area contributed by atoms with E-state index in [1.807, 2.05) is 81.4 Å². The number of nitrogens with zero attached hydrogens (tertiary/aromatic N) is 2. The minimum absolute atomic E-state index is 0.170. The summed E-state index contributed by atoms with van der Waals surface area (Å²) >= 11 is 0. The Morgan fingerprint density at radius 3 is 1.67 bits per heavy atom. The molecule has 4 rings (SSSR count). The summed E-state index contributed by atoms with van der Waals surface area (Å²) in [4.78, 5) is 4.81. The molecule has 0 aliphatic carbocycles. The van der Waals surface area contributed by atoms with Crippen LogP contribution in [0.25, 0.3) is 5.69 Å². The van der Waals surface area contributed by atoms with Crippen LogP contribution in [0.4, 0.5) is 26.3 Å². The zero-order chi connectivity index (χ0) is 26.3. The zero-order valence-electron chi connectivity index (χ0n) is 19.7. The lowest BCUT2D eigenvalue weighted by molar-refractivity contribution is -0.143. The first-order valence-corrected chi connectivity index (χ1v) is 12.4. The molecule has 0 saturated carbocycles. The van der Waals surface area contributed by atoms with Gasteiger partial charge in [0.25, 0.3) is 0 Å². The van der Waals surface area contributed by atoms with Gasteiger partial charge in [-0.15, -0.1) is 0 Å². The smallest absolute Gasteiger partial charge is 0.299 e. The summed E-state index contributed by atoms with van der Waals surface area (Å²) in [6, 6.07) is 20.3. The fourth-order valence-electron chi connectivity index (χ4n) is 3.75. The predicted molar refractivity (Wildman–Crippen MR) is 131 cm³/mol. The molecule has 0 N–H and O–H groups in total. The summed E-state index contributed by atoms with van der Waals surface area (Å²) in [5, 5.41) is 1.71. The molecule has 0 fully saturated rings. The van der Waals surface area contributed by atoms with Crippen LogP contribution in [-0.4, -0.2) is 9.55 Å². The molecule has 3 aromatic carbocycles. The van der Waals surface area contributed by atoms with E-state index in [1.165, 1.54) is 10.8 Å². The van der Waals surface area contributed by atoms with E-state index in [2.05, 4.69) is 0 Å². The van der Waals surface area contributed by atoms with Crippen LogP contribution in [0.3, 0.4) is 0 Å². The second-order valence-corrected chi connectivity index (χ2v) is 11.4. The van der Waals surface area contributed by atoms with E-state index >= 15 is 0 Å². The number of hydrogen-bond acceptors (Lipinski definition) is 1. The van der Waals surface area contributed by atoms with Gasteiger partial charge in [-0.3, -0.25) is 4.57 Å². The summed E-state index contributed by atoms with van der Waals surface area (Å²) in [5.41, 5.74) is -2.76. The average molecular weight is 520 g/mol. The van der Waals surface area contributed by atoms with Gasteiger partial charge < -0.3 is 0 Å². The number of rotatable bonds is 4. The van der Waals surface area contributed by atoms with E-state index in [4.69, 9.17) is 4.98 Å². The van der Waals surface area contributed by atoms with Crippen LogP contribution in [-0.2, 0) is 17.8 Å². The molecule has 0 saturated heterocycles. The molecule has 0 spiro atoms. The summed E-state index contributed by atoms with van der Waals surface area (Å²) in [6.07, 6.45) is -8.41. The summed E-state index contributed by atoms with van der Waals surface area (Å²) in [5.74, 6) is 0. The molecule has 0 radical (unpaired) electrons. The molecule has 1 aromatic heterocycles. The highest BCUT2D eigenvalue weighted by Gasteiger charge is 2.40. The number of benzene rings is 3. The highest BCUT2D eigenvalue weighted by Crippen LogP contribution is 2.41. The Labute approximate surface area is 206 Å². The highest BCUT2D eigenvalue weighted by molar-refractivity contribution is 7.79. The molecule has 0 unspecified atom stereocenters. The van der Waals surface area contributed by atoms with Gasteiger partial charge in [-0.25, -0.2) is 4.98 Å². The number of halogens is 6. The molecule has 1 heterocycles. The molecule has 0 atom stereocenters. The Hall–Kier alpha value is -3.12. The van der Waals surface area contributed by atoms with Crippen molar-refractivity contribution in [2.75, 3.05) is 0 Å². The molecule has 0 aliphatic heterocycles. The number of alkyl halides is 6. The van der Waals surface area contributed by atoms with Gasteiger partial charge >= 0.3 is 12.4 Å². The van der Waals surface area contributed by atoms with Gasteiger partial charge in [0, 0.05) is 19.5 Å². The Morgan fingerprint density at radius 1 is 0.694 bits per heavy atom. The maximum Gasteiger partial charge on any atom is 0.418 e. The SMILES string of the molecule is CC(C)(C)c1cn(-c2ccc(C(F)(F)F)cc2C(F)(F)F)c(P(c2ccccc2)c2ccccc2)n1. The molecule has 4 aromatic rings. The molecular formula is C27H23F6N2P.